The second-order valence-corrected chi connectivity index (χ2v) is 7.24. The van der Waals surface area contributed by atoms with Gasteiger partial charge in [-0.25, -0.2) is 13.1 Å². The third-order valence-electron chi connectivity index (χ3n) is 3.62. The number of carbonyl (C=O) groups excluding carboxylic acids is 1. The Labute approximate surface area is 147 Å². The van der Waals surface area contributed by atoms with Crippen molar-refractivity contribution in [3.63, 3.8) is 0 Å². The molecule has 3 N–H and O–H groups in total. The number of benzene rings is 1. The standard InChI is InChI=1S/C16H22N4O4S/c1-11-16(12(2)20-19-11)25(22,23)18-10-15(21)17-8-7-13-5-4-6-14(9-13)24-3/h4-6,9,18H,7-8,10H2,1-3H3,(H,17,21)(H,19,20). The van der Waals surface area contributed by atoms with Crippen molar-refractivity contribution >= 4 is 15.9 Å². The summed E-state index contributed by atoms with van der Waals surface area (Å²) in [5.41, 5.74) is 1.82. The maximum absolute atomic E-state index is 12.2. The van der Waals surface area contributed by atoms with Crippen molar-refractivity contribution in [2.75, 3.05) is 20.2 Å². The number of nitrogens with zero attached hydrogens (tertiary/aromatic N) is 1. The quantitative estimate of drug-likeness (QED) is 0.636. The van der Waals surface area contributed by atoms with Gasteiger partial charge in [-0.05, 0) is 38.0 Å². The number of nitrogens with one attached hydrogen (secondary N) is 3. The molecule has 0 unspecified atom stereocenters. The summed E-state index contributed by atoms with van der Waals surface area (Å²) in [4.78, 5) is 11.9. The van der Waals surface area contributed by atoms with Crippen LogP contribution in [0.5, 0.6) is 5.75 Å². The number of amides is 1. The lowest BCUT2D eigenvalue weighted by molar-refractivity contribution is -0.119. The van der Waals surface area contributed by atoms with Crippen LogP contribution in [0.25, 0.3) is 0 Å². The summed E-state index contributed by atoms with van der Waals surface area (Å²) in [7, 11) is -2.19. The van der Waals surface area contributed by atoms with Crippen LogP contribution in [0.15, 0.2) is 29.2 Å². The molecule has 0 aliphatic carbocycles. The Morgan fingerprint density at radius 3 is 2.72 bits per heavy atom. The maximum atomic E-state index is 12.2. The van der Waals surface area contributed by atoms with E-state index in [-0.39, 0.29) is 11.4 Å². The second kappa shape index (κ2) is 8.13. The Morgan fingerprint density at radius 2 is 2.08 bits per heavy atom. The van der Waals surface area contributed by atoms with E-state index in [0.717, 1.165) is 11.3 Å². The molecule has 2 aromatic rings. The molecule has 0 atom stereocenters. The van der Waals surface area contributed by atoms with Crippen molar-refractivity contribution in [1.82, 2.24) is 20.2 Å². The molecule has 25 heavy (non-hydrogen) atoms. The van der Waals surface area contributed by atoms with Gasteiger partial charge in [-0.2, -0.15) is 5.10 Å². The third-order valence-corrected chi connectivity index (χ3v) is 5.29. The molecule has 8 nitrogen and oxygen atoms in total. The fourth-order valence-corrected chi connectivity index (χ4v) is 3.75. The van der Waals surface area contributed by atoms with Crippen LogP contribution in [-0.2, 0) is 21.2 Å². The molecule has 0 saturated carbocycles. The van der Waals surface area contributed by atoms with E-state index in [1.165, 1.54) is 0 Å². The average Bonchev–Trinajstić information content (AvgIpc) is 2.93. The molecule has 0 aliphatic heterocycles. The van der Waals surface area contributed by atoms with Gasteiger partial charge >= 0.3 is 0 Å². The summed E-state index contributed by atoms with van der Waals surface area (Å²) in [6, 6.07) is 7.54. The molecule has 1 heterocycles. The van der Waals surface area contributed by atoms with E-state index in [4.69, 9.17) is 4.74 Å². The van der Waals surface area contributed by atoms with Gasteiger partial charge in [-0.1, -0.05) is 12.1 Å². The number of sulfonamides is 1. The number of hydrogen-bond donors (Lipinski definition) is 3. The summed E-state index contributed by atoms with van der Waals surface area (Å²) in [5, 5.41) is 9.15. The van der Waals surface area contributed by atoms with Crippen LogP contribution in [0.4, 0.5) is 0 Å². The zero-order valence-electron chi connectivity index (χ0n) is 14.4. The van der Waals surface area contributed by atoms with Gasteiger partial charge in [0.2, 0.25) is 15.9 Å². The predicted molar refractivity (Wildman–Crippen MR) is 93.0 cm³/mol. The largest absolute Gasteiger partial charge is 0.497 e. The molecular weight excluding hydrogens is 344 g/mol. The summed E-state index contributed by atoms with van der Waals surface area (Å²) in [6.45, 7) is 3.27. The minimum atomic E-state index is -3.78. The van der Waals surface area contributed by atoms with Crippen molar-refractivity contribution in [2.45, 2.75) is 25.2 Å². The zero-order chi connectivity index (χ0) is 18.4. The van der Waals surface area contributed by atoms with Crippen molar-refractivity contribution in [3.8, 4) is 5.75 Å². The van der Waals surface area contributed by atoms with Crippen LogP contribution in [0.2, 0.25) is 0 Å². The lowest BCUT2D eigenvalue weighted by atomic mass is 10.1. The Morgan fingerprint density at radius 1 is 1.32 bits per heavy atom. The number of rotatable bonds is 8. The van der Waals surface area contributed by atoms with E-state index >= 15 is 0 Å². The van der Waals surface area contributed by atoms with Crippen LogP contribution in [0.1, 0.15) is 17.0 Å². The highest BCUT2D eigenvalue weighted by atomic mass is 32.2. The zero-order valence-corrected chi connectivity index (χ0v) is 15.2. The molecule has 0 aliphatic rings. The summed E-state index contributed by atoms with van der Waals surface area (Å²) in [6.07, 6.45) is 0.621. The van der Waals surface area contributed by atoms with Gasteiger partial charge in [-0.3, -0.25) is 9.89 Å². The van der Waals surface area contributed by atoms with Crippen LogP contribution >= 0.6 is 0 Å². The monoisotopic (exact) mass is 366 g/mol. The number of methoxy groups -OCH3 is 1. The predicted octanol–water partition coefficient (Wildman–Crippen LogP) is 0.672. The van der Waals surface area contributed by atoms with E-state index in [0.29, 0.717) is 24.4 Å². The topological polar surface area (TPSA) is 113 Å². The second-order valence-electron chi connectivity index (χ2n) is 5.54. The van der Waals surface area contributed by atoms with E-state index < -0.39 is 15.9 Å². The number of carbonyl (C=O) groups is 1. The first-order chi connectivity index (χ1) is 11.8. The van der Waals surface area contributed by atoms with E-state index in [1.54, 1.807) is 21.0 Å². The van der Waals surface area contributed by atoms with Crippen molar-refractivity contribution in [1.29, 1.82) is 0 Å². The van der Waals surface area contributed by atoms with Gasteiger partial charge < -0.3 is 10.1 Å². The highest BCUT2D eigenvalue weighted by Crippen LogP contribution is 2.16. The molecule has 0 radical (unpaired) electrons. The van der Waals surface area contributed by atoms with E-state index in [9.17, 15) is 13.2 Å². The summed E-state index contributed by atoms with van der Waals surface area (Å²) < 4.78 is 31.9. The Balaban J connectivity index is 1.82. The van der Waals surface area contributed by atoms with Crippen molar-refractivity contribution in [3.05, 3.63) is 41.2 Å². The molecule has 136 valence electrons. The molecule has 1 amide bonds. The number of aryl methyl sites for hydroxylation is 2. The lowest BCUT2D eigenvalue weighted by Crippen LogP contribution is -2.37. The number of aromatic amines is 1. The first kappa shape index (κ1) is 18.9. The van der Waals surface area contributed by atoms with Crippen LogP contribution in [0.3, 0.4) is 0 Å². The first-order valence-electron chi connectivity index (χ1n) is 7.74. The Bertz CT molecular complexity index is 826. The summed E-state index contributed by atoms with van der Waals surface area (Å²) in [5.74, 6) is 0.354. The summed E-state index contributed by atoms with van der Waals surface area (Å²) >= 11 is 0. The normalized spacial score (nSPS) is 11.3. The number of hydrogen-bond acceptors (Lipinski definition) is 5. The molecule has 0 bridgehead atoms. The van der Waals surface area contributed by atoms with Crippen LogP contribution < -0.4 is 14.8 Å². The number of H-pyrrole nitrogens is 1. The lowest BCUT2D eigenvalue weighted by Gasteiger charge is -2.08. The molecule has 0 saturated heterocycles. The van der Waals surface area contributed by atoms with Gasteiger partial charge in [0.05, 0.1) is 25.0 Å². The molecule has 0 fully saturated rings. The molecular formula is C16H22N4O4S. The maximum Gasteiger partial charge on any atom is 0.244 e. The van der Waals surface area contributed by atoms with Crippen LogP contribution in [-0.4, -0.2) is 44.7 Å². The molecule has 1 aromatic carbocycles. The van der Waals surface area contributed by atoms with E-state index in [1.807, 2.05) is 24.3 Å². The van der Waals surface area contributed by atoms with Gasteiger partial charge in [0, 0.05) is 6.54 Å². The highest BCUT2D eigenvalue weighted by Gasteiger charge is 2.22. The SMILES string of the molecule is COc1cccc(CCNC(=O)CNS(=O)(=O)c2c(C)n[nH]c2C)c1. The number of aromatic nitrogens is 2. The molecule has 2 rings (SSSR count). The highest BCUT2D eigenvalue weighted by molar-refractivity contribution is 7.89. The van der Waals surface area contributed by atoms with Crippen molar-refractivity contribution < 1.29 is 17.9 Å². The molecule has 9 heteroatoms. The molecule has 0 spiro atoms. The van der Waals surface area contributed by atoms with E-state index in [2.05, 4.69) is 20.2 Å². The van der Waals surface area contributed by atoms with Crippen molar-refractivity contribution in [2.24, 2.45) is 0 Å². The van der Waals surface area contributed by atoms with Gasteiger partial charge in [0.25, 0.3) is 0 Å². The Hall–Kier alpha value is -2.39. The minimum Gasteiger partial charge on any atom is -0.497 e. The third kappa shape index (κ3) is 5.04. The number of ether oxygens (including phenoxy) is 1. The minimum absolute atomic E-state index is 0.0803. The van der Waals surface area contributed by atoms with Gasteiger partial charge in [0.15, 0.2) is 0 Å². The smallest absolute Gasteiger partial charge is 0.244 e. The Kier molecular flexibility index (Phi) is 6.16. The van der Waals surface area contributed by atoms with Gasteiger partial charge in [-0.15, -0.1) is 0 Å². The fourth-order valence-electron chi connectivity index (χ4n) is 2.41. The first-order valence-corrected chi connectivity index (χ1v) is 9.22. The van der Waals surface area contributed by atoms with Gasteiger partial charge in [0.1, 0.15) is 10.6 Å². The fraction of sp³-hybridized carbons (Fsp3) is 0.375. The molecule has 1 aromatic heterocycles. The van der Waals surface area contributed by atoms with Crippen LogP contribution in [0, 0.1) is 13.8 Å². The average molecular weight is 366 g/mol.